The summed E-state index contributed by atoms with van der Waals surface area (Å²) in [5, 5.41) is 12.7. The van der Waals surface area contributed by atoms with Gasteiger partial charge in [-0.2, -0.15) is 4.68 Å². The Morgan fingerprint density at radius 3 is 2.41 bits per heavy atom. The molecule has 0 bridgehead atoms. The van der Waals surface area contributed by atoms with Crippen molar-refractivity contribution in [2.24, 2.45) is 0 Å². The van der Waals surface area contributed by atoms with Crippen molar-refractivity contribution in [3.63, 3.8) is 0 Å². The summed E-state index contributed by atoms with van der Waals surface area (Å²) in [6, 6.07) is 13.8. The second kappa shape index (κ2) is 9.52. The average molecular weight is 451 g/mol. The molecule has 32 heavy (non-hydrogen) atoms. The Hall–Kier alpha value is -3.20. The molecule has 9 heteroatoms. The molecule has 8 nitrogen and oxygen atoms in total. The SMILES string of the molecule is CC(=O)c1ccc(N2CCN(C(=O)CSc3nnnn3-c3cc(C)ccc3C)CC2)cc1. The lowest BCUT2D eigenvalue weighted by molar-refractivity contribution is -0.128. The van der Waals surface area contributed by atoms with Gasteiger partial charge in [-0.15, -0.1) is 5.10 Å². The first-order valence-corrected chi connectivity index (χ1v) is 11.5. The number of aryl methyl sites for hydroxylation is 2. The topological polar surface area (TPSA) is 84.2 Å². The van der Waals surface area contributed by atoms with Crippen molar-refractivity contribution in [1.82, 2.24) is 25.1 Å². The second-order valence-electron chi connectivity index (χ2n) is 7.92. The van der Waals surface area contributed by atoms with Crippen molar-refractivity contribution in [2.45, 2.75) is 25.9 Å². The normalized spacial score (nSPS) is 14.0. The molecule has 0 saturated carbocycles. The highest BCUT2D eigenvalue weighted by atomic mass is 32.2. The summed E-state index contributed by atoms with van der Waals surface area (Å²) in [5.41, 5.74) is 4.91. The number of thioether (sulfide) groups is 1. The molecule has 1 aliphatic rings. The van der Waals surface area contributed by atoms with Crippen LogP contribution in [0.5, 0.6) is 0 Å². The van der Waals surface area contributed by atoms with Crippen LogP contribution in [0.4, 0.5) is 5.69 Å². The maximum Gasteiger partial charge on any atom is 0.233 e. The quantitative estimate of drug-likeness (QED) is 0.422. The van der Waals surface area contributed by atoms with Crippen molar-refractivity contribution < 1.29 is 9.59 Å². The molecule has 0 spiro atoms. The molecule has 0 unspecified atom stereocenters. The van der Waals surface area contributed by atoms with Gasteiger partial charge in [0.15, 0.2) is 5.78 Å². The van der Waals surface area contributed by atoms with Crippen LogP contribution in [0.1, 0.15) is 28.4 Å². The smallest absolute Gasteiger partial charge is 0.233 e. The van der Waals surface area contributed by atoms with Gasteiger partial charge in [-0.3, -0.25) is 9.59 Å². The van der Waals surface area contributed by atoms with E-state index in [1.165, 1.54) is 11.8 Å². The highest BCUT2D eigenvalue weighted by Gasteiger charge is 2.22. The van der Waals surface area contributed by atoms with E-state index in [0.717, 1.165) is 35.6 Å². The first-order valence-electron chi connectivity index (χ1n) is 10.5. The number of rotatable bonds is 6. The molecule has 0 radical (unpaired) electrons. The number of nitrogens with zero attached hydrogens (tertiary/aromatic N) is 6. The van der Waals surface area contributed by atoms with Gasteiger partial charge < -0.3 is 9.80 Å². The van der Waals surface area contributed by atoms with Crippen LogP contribution >= 0.6 is 11.8 Å². The van der Waals surface area contributed by atoms with E-state index in [4.69, 9.17) is 0 Å². The number of Topliss-reactive ketones (excluding diaryl/α,β-unsaturated/α-hetero) is 1. The molecule has 2 heterocycles. The first-order chi connectivity index (χ1) is 15.4. The van der Waals surface area contributed by atoms with E-state index >= 15 is 0 Å². The standard InChI is InChI=1S/C23H26N6O2S/c1-16-4-5-17(2)21(14-16)29-23(24-25-26-29)32-15-22(31)28-12-10-27(11-13-28)20-8-6-19(7-9-20)18(3)30/h4-9,14H,10-13,15H2,1-3H3. The molecular weight excluding hydrogens is 424 g/mol. The van der Waals surface area contributed by atoms with E-state index < -0.39 is 0 Å². The Bertz CT molecular complexity index is 1120. The molecule has 1 amide bonds. The largest absolute Gasteiger partial charge is 0.368 e. The van der Waals surface area contributed by atoms with Gasteiger partial charge in [0.05, 0.1) is 11.4 Å². The minimum atomic E-state index is 0.0630. The van der Waals surface area contributed by atoms with E-state index in [1.54, 1.807) is 11.6 Å². The van der Waals surface area contributed by atoms with Gasteiger partial charge in [-0.25, -0.2) is 0 Å². The highest BCUT2D eigenvalue weighted by molar-refractivity contribution is 7.99. The summed E-state index contributed by atoms with van der Waals surface area (Å²) >= 11 is 1.36. The monoisotopic (exact) mass is 450 g/mol. The Kier molecular flexibility index (Phi) is 6.55. The van der Waals surface area contributed by atoms with Crippen LogP contribution < -0.4 is 4.90 Å². The predicted molar refractivity (Wildman–Crippen MR) is 125 cm³/mol. The number of benzene rings is 2. The second-order valence-corrected chi connectivity index (χ2v) is 8.87. The van der Waals surface area contributed by atoms with E-state index in [-0.39, 0.29) is 11.7 Å². The fourth-order valence-electron chi connectivity index (χ4n) is 3.71. The first kappa shape index (κ1) is 22.0. The maximum atomic E-state index is 12.8. The number of piperazine rings is 1. The summed E-state index contributed by atoms with van der Waals surface area (Å²) in [6.45, 7) is 8.46. The summed E-state index contributed by atoms with van der Waals surface area (Å²) in [7, 11) is 0. The van der Waals surface area contributed by atoms with Gasteiger partial charge in [-0.1, -0.05) is 23.9 Å². The number of anilines is 1. The number of tetrazole rings is 1. The molecule has 2 aromatic carbocycles. The van der Waals surface area contributed by atoms with Crippen molar-refractivity contribution in [3.05, 3.63) is 59.2 Å². The molecule has 0 aliphatic carbocycles. The van der Waals surface area contributed by atoms with Gasteiger partial charge >= 0.3 is 0 Å². The Labute approximate surface area is 191 Å². The third-order valence-electron chi connectivity index (χ3n) is 5.63. The number of hydrogen-bond donors (Lipinski definition) is 0. The number of ketones is 1. The van der Waals surface area contributed by atoms with E-state index in [0.29, 0.717) is 29.6 Å². The van der Waals surface area contributed by atoms with Crippen molar-refractivity contribution in [3.8, 4) is 5.69 Å². The van der Waals surface area contributed by atoms with Gasteiger partial charge in [0.2, 0.25) is 11.1 Å². The molecule has 1 aliphatic heterocycles. The summed E-state index contributed by atoms with van der Waals surface area (Å²) in [6.07, 6.45) is 0. The Morgan fingerprint density at radius 2 is 1.72 bits per heavy atom. The highest BCUT2D eigenvalue weighted by Crippen LogP contribution is 2.23. The van der Waals surface area contributed by atoms with Crippen LogP contribution in [0.15, 0.2) is 47.6 Å². The van der Waals surface area contributed by atoms with Gasteiger partial charge in [0.25, 0.3) is 0 Å². The van der Waals surface area contributed by atoms with E-state index in [9.17, 15) is 9.59 Å². The van der Waals surface area contributed by atoms with Gasteiger partial charge in [-0.05, 0) is 72.7 Å². The number of hydrogen-bond acceptors (Lipinski definition) is 7. The van der Waals surface area contributed by atoms with Crippen LogP contribution in [-0.4, -0.2) is 68.7 Å². The number of carbonyl (C=O) groups excluding carboxylic acids is 2. The van der Waals surface area contributed by atoms with Crippen LogP contribution in [0.25, 0.3) is 5.69 Å². The molecule has 1 fully saturated rings. The third-order valence-corrected chi connectivity index (χ3v) is 6.53. The minimum absolute atomic E-state index is 0.0630. The van der Waals surface area contributed by atoms with E-state index in [2.05, 4.69) is 26.5 Å². The predicted octanol–water partition coefficient (Wildman–Crippen LogP) is 2.92. The summed E-state index contributed by atoms with van der Waals surface area (Å²) in [4.78, 5) is 28.4. The Balaban J connectivity index is 1.33. The summed E-state index contributed by atoms with van der Waals surface area (Å²) < 4.78 is 1.70. The lowest BCUT2D eigenvalue weighted by atomic mass is 10.1. The number of carbonyl (C=O) groups is 2. The lowest BCUT2D eigenvalue weighted by Crippen LogP contribution is -2.49. The molecule has 0 N–H and O–H groups in total. The lowest BCUT2D eigenvalue weighted by Gasteiger charge is -2.36. The average Bonchev–Trinajstić information content (AvgIpc) is 3.27. The molecular formula is C23H26N6O2S. The van der Waals surface area contributed by atoms with Crippen LogP contribution in [0.3, 0.4) is 0 Å². The number of amides is 1. The van der Waals surface area contributed by atoms with Crippen molar-refractivity contribution in [1.29, 1.82) is 0 Å². The molecule has 1 saturated heterocycles. The molecule has 166 valence electrons. The molecule has 1 aromatic heterocycles. The van der Waals surface area contributed by atoms with Crippen LogP contribution in [0, 0.1) is 13.8 Å². The fourth-order valence-corrected chi connectivity index (χ4v) is 4.49. The zero-order valence-electron chi connectivity index (χ0n) is 18.5. The number of aromatic nitrogens is 4. The zero-order valence-corrected chi connectivity index (χ0v) is 19.3. The molecule has 4 rings (SSSR count). The Morgan fingerprint density at radius 1 is 1.00 bits per heavy atom. The molecule has 3 aromatic rings. The van der Waals surface area contributed by atoms with E-state index in [1.807, 2.05) is 55.1 Å². The van der Waals surface area contributed by atoms with Crippen LogP contribution in [0.2, 0.25) is 0 Å². The fraction of sp³-hybridized carbons (Fsp3) is 0.348. The molecule has 0 atom stereocenters. The minimum Gasteiger partial charge on any atom is -0.368 e. The van der Waals surface area contributed by atoms with Crippen LogP contribution in [-0.2, 0) is 4.79 Å². The maximum absolute atomic E-state index is 12.8. The van der Waals surface area contributed by atoms with Crippen molar-refractivity contribution in [2.75, 3.05) is 36.8 Å². The van der Waals surface area contributed by atoms with Gasteiger partial charge in [0.1, 0.15) is 0 Å². The zero-order chi connectivity index (χ0) is 22.7. The van der Waals surface area contributed by atoms with Crippen molar-refractivity contribution >= 4 is 29.1 Å². The third kappa shape index (κ3) is 4.83. The van der Waals surface area contributed by atoms with Gasteiger partial charge in [0, 0.05) is 37.4 Å². The summed E-state index contributed by atoms with van der Waals surface area (Å²) in [5.74, 6) is 0.434.